The first kappa shape index (κ1) is 9.77. The number of carbonyl (C=O) groups excluding carboxylic acids is 1. The average molecular weight is 202 g/mol. The maximum absolute atomic E-state index is 11.9. The summed E-state index contributed by atoms with van der Waals surface area (Å²) in [5.41, 5.74) is 1.80. The number of fused-ring (bicyclic) bond motifs is 1. The zero-order chi connectivity index (χ0) is 10.8. The Morgan fingerprint density at radius 3 is 2.93 bits per heavy atom. The highest BCUT2D eigenvalue weighted by Gasteiger charge is 2.10. The minimum atomic E-state index is 0.0700. The summed E-state index contributed by atoms with van der Waals surface area (Å²) < 4.78 is 0. The van der Waals surface area contributed by atoms with E-state index in [0.717, 1.165) is 23.0 Å². The van der Waals surface area contributed by atoms with Gasteiger partial charge in [-0.3, -0.25) is 4.79 Å². The predicted octanol–water partition coefficient (Wildman–Crippen LogP) is 2.26. The fraction of sp³-hybridized carbons (Fsp3) is 0.250. The van der Waals surface area contributed by atoms with Crippen molar-refractivity contribution in [2.24, 2.45) is 0 Å². The maximum Gasteiger partial charge on any atom is 0.253 e. The van der Waals surface area contributed by atoms with Gasteiger partial charge in [-0.25, -0.2) is 0 Å². The van der Waals surface area contributed by atoms with Crippen molar-refractivity contribution in [1.82, 2.24) is 9.88 Å². The van der Waals surface area contributed by atoms with E-state index in [9.17, 15) is 4.79 Å². The minimum Gasteiger partial charge on any atom is -0.361 e. The van der Waals surface area contributed by atoms with Crippen LogP contribution in [0.1, 0.15) is 17.3 Å². The van der Waals surface area contributed by atoms with E-state index in [2.05, 4.69) is 4.98 Å². The maximum atomic E-state index is 11.9. The number of benzene rings is 1. The minimum absolute atomic E-state index is 0.0700. The van der Waals surface area contributed by atoms with Crippen LogP contribution in [0.3, 0.4) is 0 Å². The molecule has 0 aliphatic heterocycles. The van der Waals surface area contributed by atoms with Gasteiger partial charge in [-0.05, 0) is 31.2 Å². The number of H-pyrrole nitrogens is 1. The predicted molar refractivity (Wildman–Crippen MR) is 60.9 cm³/mol. The molecule has 15 heavy (non-hydrogen) atoms. The van der Waals surface area contributed by atoms with Crippen LogP contribution in [0.2, 0.25) is 0 Å². The van der Waals surface area contributed by atoms with Crippen molar-refractivity contribution in [2.75, 3.05) is 13.6 Å². The second kappa shape index (κ2) is 3.77. The summed E-state index contributed by atoms with van der Waals surface area (Å²) in [7, 11) is 1.81. The second-order valence-electron chi connectivity index (χ2n) is 3.60. The molecule has 3 nitrogen and oxygen atoms in total. The lowest BCUT2D eigenvalue weighted by Gasteiger charge is -2.14. The van der Waals surface area contributed by atoms with Crippen LogP contribution in [-0.2, 0) is 0 Å². The number of hydrogen-bond acceptors (Lipinski definition) is 1. The molecule has 0 unspecified atom stereocenters. The molecule has 0 atom stereocenters. The number of nitrogens with zero attached hydrogens (tertiary/aromatic N) is 1. The first-order valence-electron chi connectivity index (χ1n) is 5.05. The molecule has 78 valence electrons. The third-order valence-corrected chi connectivity index (χ3v) is 2.62. The van der Waals surface area contributed by atoms with Gasteiger partial charge in [-0.15, -0.1) is 0 Å². The molecule has 0 saturated carbocycles. The van der Waals surface area contributed by atoms with Crippen molar-refractivity contribution in [2.45, 2.75) is 6.92 Å². The molecule has 1 amide bonds. The molecule has 0 fully saturated rings. The standard InChI is InChI=1S/C12H14N2O/c1-3-14(2)12(15)10-4-5-11-9(8-10)6-7-13-11/h4-8,13H,3H2,1-2H3. The lowest BCUT2D eigenvalue weighted by Crippen LogP contribution is -2.26. The van der Waals surface area contributed by atoms with Crippen molar-refractivity contribution in [3.63, 3.8) is 0 Å². The first-order valence-corrected chi connectivity index (χ1v) is 5.05. The fourth-order valence-electron chi connectivity index (χ4n) is 1.55. The molecule has 1 N–H and O–H groups in total. The van der Waals surface area contributed by atoms with Crippen molar-refractivity contribution < 1.29 is 4.79 Å². The van der Waals surface area contributed by atoms with Crippen molar-refractivity contribution >= 4 is 16.8 Å². The summed E-state index contributed by atoms with van der Waals surface area (Å²) in [4.78, 5) is 16.7. The summed E-state index contributed by atoms with van der Waals surface area (Å²) >= 11 is 0. The molecule has 1 aromatic carbocycles. The molecule has 0 bridgehead atoms. The fourth-order valence-corrected chi connectivity index (χ4v) is 1.55. The number of aromatic nitrogens is 1. The van der Waals surface area contributed by atoms with Crippen LogP contribution in [0.15, 0.2) is 30.5 Å². The molecule has 0 aliphatic carbocycles. The van der Waals surface area contributed by atoms with Crippen LogP contribution < -0.4 is 0 Å². The zero-order valence-electron chi connectivity index (χ0n) is 8.95. The molecule has 1 aromatic heterocycles. The topological polar surface area (TPSA) is 36.1 Å². The molecule has 0 spiro atoms. The van der Waals surface area contributed by atoms with Gasteiger partial charge in [0.05, 0.1) is 0 Å². The number of aromatic amines is 1. The van der Waals surface area contributed by atoms with E-state index in [1.165, 1.54) is 0 Å². The third kappa shape index (κ3) is 1.73. The van der Waals surface area contributed by atoms with E-state index in [1.54, 1.807) is 4.90 Å². The number of hydrogen-bond donors (Lipinski definition) is 1. The van der Waals surface area contributed by atoms with Gasteiger partial charge in [0.1, 0.15) is 0 Å². The van der Waals surface area contributed by atoms with Crippen LogP contribution in [0.5, 0.6) is 0 Å². The van der Waals surface area contributed by atoms with Gasteiger partial charge in [0, 0.05) is 36.3 Å². The Morgan fingerprint density at radius 1 is 1.40 bits per heavy atom. The molecule has 3 heteroatoms. The Morgan fingerprint density at radius 2 is 2.20 bits per heavy atom. The van der Waals surface area contributed by atoms with Crippen molar-refractivity contribution in [3.8, 4) is 0 Å². The van der Waals surface area contributed by atoms with Gasteiger partial charge in [0.2, 0.25) is 0 Å². The third-order valence-electron chi connectivity index (χ3n) is 2.62. The van der Waals surface area contributed by atoms with Gasteiger partial charge in [-0.1, -0.05) is 0 Å². The van der Waals surface area contributed by atoms with E-state index < -0.39 is 0 Å². The van der Waals surface area contributed by atoms with Gasteiger partial charge in [0.25, 0.3) is 5.91 Å². The first-order chi connectivity index (χ1) is 7.22. The van der Waals surface area contributed by atoms with Gasteiger partial charge >= 0.3 is 0 Å². The summed E-state index contributed by atoms with van der Waals surface area (Å²) in [6, 6.07) is 7.68. The van der Waals surface area contributed by atoms with E-state index in [4.69, 9.17) is 0 Å². The van der Waals surface area contributed by atoms with Crippen LogP contribution in [0, 0.1) is 0 Å². The normalized spacial score (nSPS) is 10.5. The molecule has 1 heterocycles. The van der Waals surface area contributed by atoms with Crippen molar-refractivity contribution in [3.05, 3.63) is 36.0 Å². The zero-order valence-corrected chi connectivity index (χ0v) is 8.95. The Labute approximate surface area is 88.7 Å². The lowest BCUT2D eigenvalue weighted by molar-refractivity contribution is 0.0802. The quantitative estimate of drug-likeness (QED) is 0.796. The number of nitrogens with one attached hydrogen (secondary N) is 1. The molecule has 0 saturated heterocycles. The van der Waals surface area contributed by atoms with Crippen molar-refractivity contribution in [1.29, 1.82) is 0 Å². The summed E-state index contributed by atoms with van der Waals surface area (Å²) in [6.07, 6.45) is 1.88. The monoisotopic (exact) mass is 202 g/mol. The number of carbonyl (C=O) groups is 1. The Hall–Kier alpha value is -1.77. The molecule has 2 rings (SSSR count). The molecular weight excluding hydrogens is 188 g/mol. The number of amides is 1. The van der Waals surface area contributed by atoms with Gasteiger partial charge in [-0.2, -0.15) is 0 Å². The van der Waals surface area contributed by atoms with E-state index in [-0.39, 0.29) is 5.91 Å². The molecular formula is C12H14N2O. The Kier molecular flexibility index (Phi) is 2.46. The molecule has 2 aromatic rings. The van der Waals surface area contributed by atoms with Crippen LogP contribution in [0.4, 0.5) is 0 Å². The van der Waals surface area contributed by atoms with E-state index in [1.807, 2.05) is 44.4 Å². The summed E-state index contributed by atoms with van der Waals surface area (Å²) in [6.45, 7) is 2.69. The lowest BCUT2D eigenvalue weighted by atomic mass is 10.1. The summed E-state index contributed by atoms with van der Waals surface area (Å²) in [5.74, 6) is 0.0700. The highest BCUT2D eigenvalue weighted by atomic mass is 16.2. The Balaban J connectivity index is 2.39. The SMILES string of the molecule is CCN(C)C(=O)c1ccc2[nH]ccc2c1. The van der Waals surface area contributed by atoms with Gasteiger partial charge < -0.3 is 9.88 Å². The largest absolute Gasteiger partial charge is 0.361 e. The Bertz CT molecular complexity index is 487. The highest BCUT2D eigenvalue weighted by molar-refractivity contribution is 5.97. The van der Waals surface area contributed by atoms with E-state index in [0.29, 0.717) is 0 Å². The number of rotatable bonds is 2. The molecule has 0 radical (unpaired) electrons. The smallest absolute Gasteiger partial charge is 0.253 e. The van der Waals surface area contributed by atoms with Crippen LogP contribution in [-0.4, -0.2) is 29.4 Å². The molecule has 0 aliphatic rings. The van der Waals surface area contributed by atoms with Gasteiger partial charge in [0.15, 0.2) is 0 Å². The van der Waals surface area contributed by atoms with Crippen LogP contribution >= 0.6 is 0 Å². The average Bonchev–Trinajstić information content (AvgIpc) is 2.73. The van der Waals surface area contributed by atoms with Crippen LogP contribution in [0.25, 0.3) is 10.9 Å². The van der Waals surface area contributed by atoms with E-state index >= 15 is 0 Å². The summed E-state index contributed by atoms with van der Waals surface area (Å²) in [5, 5.41) is 1.07. The second-order valence-corrected chi connectivity index (χ2v) is 3.60. The highest BCUT2D eigenvalue weighted by Crippen LogP contribution is 2.15.